The Balaban J connectivity index is 1.26. The highest BCUT2D eigenvalue weighted by molar-refractivity contribution is 6.05. The van der Waals surface area contributed by atoms with Gasteiger partial charge in [0.05, 0.1) is 0 Å². The molecule has 7 nitrogen and oxygen atoms in total. The molecule has 7 heteroatoms. The van der Waals surface area contributed by atoms with Crippen LogP contribution in [0.2, 0.25) is 0 Å². The number of piperidine rings is 1. The van der Waals surface area contributed by atoms with Gasteiger partial charge >= 0.3 is 0 Å². The molecule has 4 aliphatic rings. The molecule has 2 N–H and O–H groups in total. The van der Waals surface area contributed by atoms with Crippen LogP contribution in [0.4, 0.5) is 0 Å². The topological polar surface area (TPSA) is 87.7 Å². The number of carbonyl (C=O) groups excluding carboxylic acids is 3. The first kappa shape index (κ1) is 21.6. The molecule has 1 aromatic rings. The summed E-state index contributed by atoms with van der Waals surface area (Å²) in [5, 5.41) is 6.30. The summed E-state index contributed by atoms with van der Waals surface area (Å²) in [7, 11) is 0. The molecule has 2 saturated heterocycles. The number of benzene rings is 1. The minimum atomic E-state index is -0.553. The first-order valence-corrected chi connectivity index (χ1v) is 12.2. The van der Waals surface area contributed by atoms with Gasteiger partial charge in [-0.3, -0.25) is 19.7 Å². The standard InChI is InChI=1S/C25H33N3O4/c29-23-8-7-22(24(30)27-23)28-15-18-14-16(5-6-20(18)25(28)31)13-17-3-1-2-4-21(17)26-19-9-11-32-12-10-19/h5-6,14,17,19,21-22,26H,1-4,7-13,15H2,(H,27,29,30)/t17-,21+,22?/m1/s1. The zero-order chi connectivity index (χ0) is 22.1. The summed E-state index contributed by atoms with van der Waals surface area (Å²) in [6.45, 7) is 2.16. The van der Waals surface area contributed by atoms with Crippen LogP contribution in [0, 0.1) is 5.92 Å². The van der Waals surface area contributed by atoms with E-state index in [1.54, 1.807) is 4.90 Å². The van der Waals surface area contributed by atoms with Crippen molar-refractivity contribution in [1.82, 2.24) is 15.5 Å². The SMILES string of the molecule is O=C1CCC(N2Cc3cc(C[C@H]4CCCC[C@@H]4NC4CCOCC4)ccc3C2=O)C(=O)N1. The predicted molar refractivity (Wildman–Crippen MR) is 119 cm³/mol. The fourth-order valence-electron chi connectivity index (χ4n) is 5.90. The third-order valence-corrected chi connectivity index (χ3v) is 7.67. The van der Waals surface area contributed by atoms with Gasteiger partial charge in [0, 0.05) is 43.8 Å². The Morgan fingerprint density at radius 2 is 1.84 bits per heavy atom. The first-order chi connectivity index (χ1) is 15.6. The van der Waals surface area contributed by atoms with Gasteiger partial charge in [-0.2, -0.15) is 0 Å². The highest BCUT2D eigenvalue weighted by Gasteiger charge is 2.39. The molecule has 1 unspecified atom stereocenters. The Morgan fingerprint density at radius 3 is 2.66 bits per heavy atom. The zero-order valence-electron chi connectivity index (χ0n) is 18.6. The normalized spacial score (nSPS) is 29.2. The van der Waals surface area contributed by atoms with Gasteiger partial charge in [-0.25, -0.2) is 0 Å². The number of nitrogens with one attached hydrogen (secondary N) is 2. The van der Waals surface area contributed by atoms with Crippen LogP contribution < -0.4 is 10.6 Å². The van der Waals surface area contributed by atoms with Gasteiger partial charge in [0.25, 0.3) is 5.91 Å². The third-order valence-electron chi connectivity index (χ3n) is 7.67. The second-order valence-corrected chi connectivity index (χ2v) is 9.80. The van der Waals surface area contributed by atoms with E-state index >= 15 is 0 Å². The van der Waals surface area contributed by atoms with Gasteiger partial charge in [0.15, 0.2) is 0 Å². The van der Waals surface area contributed by atoms with E-state index in [2.05, 4.69) is 22.8 Å². The van der Waals surface area contributed by atoms with Crippen LogP contribution in [0.25, 0.3) is 0 Å². The number of fused-ring (bicyclic) bond motifs is 1. The smallest absolute Gasteiger partial charge is 0.255 e. The van der Waals surface area contributed by atoms with E-state index in [1.165, 1.54) is 31.2 Å². The second kappa shape index (κ2) is 9.32. The Kier molecular flexibility index (Phi) is 6.28. The quantitative estimate of drug-likeness (QED) is 0.688. The van der Waals surface area contributed by atoms with E-state index < -0.39 is 6.04 Å². The third kappa shape index (κ3) is 4.46. The lowest BCUT2D eigenvalue weighted by Crippen LogP contribution is -2.52. The van der Waals surface area contributed by atoms with Gasteiger partial charge in [-0.1, -0.05) is 25.0 Å². The van der Waals surface area contributed by atoms with Crippen molar-refractivity contribution in [1.29, 1.82) is 0 Å². The van der Waals surface area contributed by atoms with Crippen molar-refractivity contribution in [3.8, 4) is 0 Å². The van der Waals surface area contributed by atoms with Crippen molar-refractivity contribution in [3.63, 3.8) is 0 Å². The van der Waals surface area contributed by atoms with Gasteiger partial charge in [-0.15, -0.1) is 0 Å². The van der Waals surface area contributed by atoms with Crippen LogP contribution in [0.3, 0.4) is 0 Å². The van der Waals surface area contributed by atoms with E-state index in [9.17, 15) is 14.4 Å². The maximum absolute atomic E-state index is 12.9. The summed E-state index contributed by atoms with van der Waals surface area (Å²) in [5.41, 5.74) is 2.97. The number of hydrogen-bond acceptors (Lipinski definition) is 5. The highest BCUT2D eigenvalue weighted by atomic mass is 16.5. The van der Waals surface area contributed by atoms with Crippen molar-refractivity contribution in [2.75, 3.05) is 13.2 Å². The molecule has 172 valence electrons. The van der Waals surface area contributed by atoms with Crippen LogP contribution >= 0.6 is 0 Å². The number of ether oxygens (including phenoxy) is 1. The lowest BCUT2D eigenvalue weighted by molar-refractivity contribution is -0.136. The molecule has 5 rings (SSSR count). The maximum Gasteiger partial charge on any atom is 0.255 e. The molecule has 3 atom stereocenters. The van der Waals surface area contributed by atoms with Crippen molar-refractivity contribution in [2.24, 2.45) is 5.92 Å². The molecule has 0 radical (unpaired) electrons. The minimum Gasteiger partial charge on any atom is -0.381 e. The van der Waals surface area contributed by atoms with E-state index in [0.29, 0.717) is 36.5 Å². The molecule has 3 heterocycles. The predicted octanol–water partition coefficient (Wildman–Crippen LogP) is 2.32. The molecule has 3 aliphatic heterocycles. The minimum absolute atomic E-state index is 0.0993. The van der Waals surface area contributed by atoms with E-state index in [4.69, 9.17) is 4.74 Å². The van der Waals surface area contributed by atoms with Crippen molar-refractivity contribution in [2.45, 2.75) is 82.5 Å². The molecule has 3 amide bonds. The fraction of sp³-hybridized carbons (Fsp3) is 0.640. The average molecular weight is 440 g/mol. The Bertz CT molecular complexity index is 895. The molecular formula is C25H33N3O4. The number of carbonyl (C=O) groups is 3. The molecule has 0 bridgehead atoms. The molecule has 0 aromatic heterocycles. The summed E-state index contributed by atoms with van der Waals surface area (Å²) >= 11 is 0. The van der Waals surface area contributed by atoms with Gasteiger partial charge in [-0.05, 0) is 61.6 Å². The monoisotopic (exact) mass is 439 g/mol. The molecule has 32 heavy (non-hydrogen) atoms. The van der Waals surface area contributed by atoms with E-state index in [0.717, 1.165) is 38.0 Å². The van der Waals surface area contributed by atoms with Gasteiger partial charge < -0.3 is 15.0 Å². The summed E-state index contributed by atoms with van der Waals surface area (Å²) in [6, 6.07) is 6.74. The van der Waals surface area contributed by atoms with Crippen molar-refractivity contribution < 1.29 is 19.1 Å². The van der Waals surface area contributed by atoms with Crippen LogP contribution in [-0.2, 0) is 27.3 Å². The molecule has 1 aliphatic carbocycles. The Hall–Kier alpha value is -2.25. The zero-order valence-corrected chi connectivity index (χ0v) is 18.6. The largest absolute Gasteiger partial charge is 0.381 e. The average Bonchev–Trinajstić information content (AvgIpc) is 3.11. The van der Waals surface area contributed by atoms with Crippen molar-refractivity contribution in [3.05, 3.63) is 34.9 Å². The van der Waals surface area contributed by atoms with Crippen molar-refractivity contribution >= 4 is 17.7 Å². The molecule has 1 aromatic carbocycles. The number of imide groups is 1. The molecule has 1 saturated carbocycles. The summed E-state index contributed by atoms with van der Waals surface area (Å²) in [5.74, 6) is -0.105. The summed E-state index contributed by atoms with van der Waals surface area (Å²) in [4.78, 5) is 38.3. The van der Waals surface area contributed by atoms with Gasteiger partial charge in [0.2, 0.25) is 11.8 Å². The fourth-order valence-corrected chi connectivity index (χ4v) is 5.90. The number of nitrogens with zero attached hydrogens (tertiary/aromatic N) is 1. The van der Waals surface area contributed by atoms with Crippen LogP contribution in [0.1, 0.15) is 72.9 Å². The highest BCUT2D eigenvalue weighted by Crippen LogP contribution is 2.32. The number of rotatable bonds is 5. The van der Waals surface area contributed by atoms with E-state index in [-0.39, 0.29) is 24.1 Å². The van der Waals surface area contributed by atoms with Crippen LogP contribution in [0.15, 0.2) is 18.2 Å². The Labute approximate surface area is 189 Å². The van der Waals surface area contributed by atoms with Crippen LogP contribution in [-0.4, -0.2) is 54.0 Å². The lowest BCUT2D eigenvalue weighted by Gasteiger charge is -2.36. The summed E-state index contributed by atoms with van der Waals surface area (Å²) in [6.07, 6.45) is 8.93. The summed E-state index contributed by atoms with van der Waals surface area (Å²) < 4.78 is 5.51. The molecule has 3 fully saturated rings. The second-order valence-electron chi connectivity index (χ2n) is 9.80. The number of hydrogen-bond donors (Lipinski definition) is 2. The molecular weight excluding hydrogens is 406 g/mol. The Morgan fingerprint density at radius 1 is 1.03 bits per heavy atom. The maximum atomic E-state index is 12.9. The van der Waals surface area contributed by atoms with Crippen LogP contribution in [0.5, 0.6) is 0 Å². The lowest BCUT2D eigenvalue weighted by atomic mass is 9.80. The molecule has 0 spiro atoms. The number of amides is 3. The first-order valence-electron chi connectivity index (χ1n) is 12.2. The van der Waals surface area contributed by atoms with E-state index in [1.807, 2.05) is 6.07 Å². The van der Waals surface area contributed by atoms with Gasteiger partial charge in [0.1, 0.15) is 6.04 Å².